The Kier molecular flexibility index (Phi) is 6.05. The fraction of sp³-hybridized carbons (Fsp3) is 0.800. The molecule has 6 nitrogen and oxygen atoms in total. The van der Waals surface area contributed by atoms with E-state index in [0.717, 1.165) is 32.0 Å². The molecule has 22 heavy (non-hydrogen) atoms. The first-order valence-electron chi connectivity index (χ1n) is 7.96. The average Bonchev–Trinajstić information content (AvgIpc) is 3.19. The molecule has 3 rings (SSSR count). The van der Waals surface area contributed by atoms with E-state index >= 15 is 0 Å². The quantitative estimate of drug-likeness (QED) is 0.463. The Morgan fingerprint density at radius 2 is 2.14 bits per heavy atom. The lowest BCUT2D eigenvalue weighted by Gasteiger charge is -2.25. The van der Waals surface area contributed by atoms with Gasteiger partial charge in [-0.2, -0.15) is 4.98 Å². The van der Waals surface area contributed by atoms with Crippen LogP contribution in [0.1, 0.15) is 43.8 Å². The van der Waals surface area contributed by atoms with Crippen molar-refractivity contribution in [1.82, 2.24) is 20.4 Å². The van der Waals surface area contributed by atoms with Crippen molar-refractivity contribution >= 4 is 29.9 Å². The summed E-state index contributed by atoms with van der Waals surface area (Å²) < 4.78 is 5.13. The van der Waals surface area contributed by atoms with E-state index in [1.54, 1.807) is 0 Å². The van der Waals surface area contributed by atoms with Crippen LogP contribution in [0.3, 0.4) is 0 Å². The first kappa shape index (κ1) is 17.5. The van der Waals surface area contributed by atoms with Crippen molar-refractivity contribution < 1.29 is 4.52 Å². The minimum absolute atomic E-state index is 0. The fourth-order valence-electron chi connectivity index (χ4n) is 3.70. The van der Waals surface area contributed by atoms with E-state index in [1.807, 2.05) is 14.0 Å². The van der Waals surface area contributed by atoms with Crippen molar-refractivity contribution in [2.24, 2.45) is 10.4 Å². The first-order valence-corrected chi connectivity index (χ1v) is 7.96. The molecular weight excluding hydrogens is 393 g/mol. The zero-order chi connectivity index (χ0) is 14.7. The Morgan fingerprint density at radius 1 is 1.36 bits per heavy atom. The van der Waals surface area contributed by atoms with E-state index in [1.165, 1.54) is 32.1 Å². The molecule has 1 N–H and O–H groups in total. The lowest BCUT2D eigenvalue weighted by atomic mass is 9.86. The van der Waals surface area contributed by atoms with E-state index in [2.05, 4.69) is 25.3 Å². The molecule has 0 amide bonds. The number of hydrogen-bond donors (Lipinski definition) is 1. The number of hydrogen-bond acceptors (Lipinski definition) is 4. The predicted octanol–water partition coefficient (Wildman–Crippen LogP) is 2.38. The maximum atomic E-state index is 5.13. The molecule has 0 radical (unpaired) electrons. The van der Waals surface area contributed by atoms with Gasteiger partial charge in [0.25, 0.3) is 0 Å². The van der Waals surface area contributed by atoms with Gasteiger partial charge in [0, 0.05) is 33.1 Å². The molecule has 1 saturated heterocycles. The summed E-state index contributed by atoms with van der Waals surface area (Å²) in [6.45, 7) is 4.90. The third kappa shape index (κ3) is 3.91. The van der Waals surface area contributed by atoms with Crippen LogP contribution in [0.25, 0.3) is 0 Å². The van der Waals surface area contributed by atoms with Gasteiger partial charge in [-0.25, -0.2) is 0 Å². The third-order valence-electron chi connectivity index (χ3n) is 4.81. The van der Waals surface area contributed by atoms with Crippen LogP contribution in [0, 0.1) is 12.3 Å². The van der Waals surface area contributed by atoms with Gasteiger partial charge in [0.2, 0.25) is 5.89 Å². The Hall–Kier alpha value is -0.860. The smallest absolute Gasteiger partial charge is 0.228 e. The molecular formula is C15H26IN5O. The summed E-state index contributed by atoms with van der Waals surface area (Å²) in [7, 11) is 1.86. The molecule has 0 bridgehead atoms. The highest BCUT2D eigenvalue weighted by molar-refractivity contribution is 14.0. The second kappa shape index (κ2) is 7.61. The number of aliphatic imine (C=N–C) groups is 1. The van der Waals surface area contributed by atoms with Crippen molar-refractivity contribution in [3.05, 3.63) is 11.7 Å². The number of likely N-dealkylation sites (tertiary alicyclic amines) is 1. The summed E-state index contributed by atoms with van der Waals surface area (Å²) in [5.41, 5.74) is 0.571. The lowest BCUT2D eigenvalue weighted by molar-refractivity contribution is 0.309. The summed E-state index contributed by atoms with van der Waals surface area (Å²) in [5.74, 6) is 2.39. The van der Waals surface area contributed by atoms with Gasteiger partial charge in [-0.05, 0) is 31.6 Å². The van der Waals surface area contributed by atoms with Gasteiger partial charge in [-0.1, -0.05) is 18.0 Å². The summed E-state index contributed by atoms with van der Waals surface area (Å²) in [6, 6.07) is 0. The predicted molar refractivity (Wildman–Crippen MR) is 96.6 cm³/mol. The molecule has 0 aromatic carbocycles. The van der Waals surface area contributed by atoms with E-state index < -0.39 is 0 Å². The van der Waals surface area contributed by atoms with Gasteiger partial charge < -0.3 is 14.7 Å². The molecule has 1 spiro atoms. The monoisotopic (exact) mass is 419 g/mol. The average molecular weight is 419 g/mol. The fourth-order valence-corrected chi connectivity index (χ4v) is 3.70. The zero-order valence-corrected chi connectivity index (χ0v) is 15.8. The standard InChI is InChI=1S/C15H25N5O.HI/c1-12-18-13(21-19-12)5-9-17-14(16-2)20-10-8-15(11-20)6-3-4-7-15;/h3-11H2,1-2H3,(H,16,17);1H. The van der Waals surface area contributed by atoms with E-state index in [0.29, 0.717) is 17.1 Å². The van der Waals surface area contributed by atoms with Crippen LogP contribution in [0.15, 0.2) is 9.52 Å². The molecule has 0 atom stereocenters. The van der Waals surface area contributed by atoms with Gasteiger partial charge in [0.1, 0.15) is 0 Å². The normalized spacial score (nSPS) is 20.5. The van der Waals surface area contributed by atoms with Crippen LogP contribution in [-0.2, 0) is 6.42 Å². The highest BCUT2D eigenvalue weighted by atomic mass is 127. The Bertz CT molecular complexity index is 510. The molecule has 0 unspecified atom stereocenters. The Labute approximate surface area is 149 Å². The number of aromatic nitrogens is 2. The SMILES string of the molecule is CN=C(NCCc1nc(C)no1)N1CCC2(CCCC2)C1.I. The summed E-state index contributed by atoms with van der Waals surface area (Å²) in [5, 5.41) is 7.23. The number of halogens is 1. The van der Waals surface area contributed by atoms with E-state index in [-0.39, 0.29) is 24.0 Å². The number of nitrogens with zero attached hydrogens (tertiary/aromatic N) is 4. The lowest BCUT2D eigenvalue weighted by Crippen LogP contribution is -2.41. The topological polar surface area (TPSA) is 66.5 Å². The van der Waals surface area contributed by atoms with E-state index in [4.69, 9.17) is 4.52 Å². The largest absolute Gasteiger partial charge is 0.356 e. The summed E-state index contributed by atoms with van der Waals surface area (Å²) in [4.78, 5) is 11.1. The molecule has 124 valence electrons. The van der Waals surface area contributed by atoms with Crippen molar-refractivity contribution in [2.45, 2.75) is 45.4 Å². The minimum atomic E-state index is 0. The number of rotatable bonds is 3. The molecule has 1 aromatic rings. The second-order valence-corrected chi connectivity index (χ2v) is 6.34. The highest BCUT2D eigenvalue weighted by Crippen LogP contribution is 2.45. The van der Waals surface area contributed by atoms with Crippen LogP contribution in [-0.4, -0.2) is 47.7 Å². The van der Waals surface area contributed by atoms with Gasteiger partial charge in [-0.15, -0.1) is 24.0 Å². The maximum Gasteiger partial charge on any atom is 0.228 e. The van der Waals surface area contributed by atoms with Gasteiger partial charge in [0.15, 0.2) is 11.8 Å². The number of nitrogens with one attached hydrogen (secondary N) is 1. The van der Waals surface area contributed by atoms with Crippen LogP contribution in [0.4, 0.5) is 0 Å². The molecule has 2 aliphatic rings. The summed E-state index contributed by atoms with van der Waals surface area (Å²) >= 11 is 0. The van der Waals surface area contributed by atoms with Crippen molar-refractivity contribution in [1.29, 1.82) is 0 Å². The molecule has 2 fully saturated rings. The molecule has 1 aromatic heterocycles. The molecule has 1 saturated carbocycles. The van der Waals surface area contributed by atoms with Gasteiger partial charge in [-0.3, -0.25) is 4.99 Å². The maximum absolute atomic E-state index is 5.13. The Balaban J connectivity index is 0.00000176. The first-order chi connectivity index (χ1) is 10.2. The van der Waals surface area contributed by atoms with Crippen molar-refractivity contribution in [3.8, 4) is 0 Å². The Morgan fingerprint density at radius 3 is 2.77 bits per heavy atom. The van der Waals surface area contributed by atoms with Crippen LogP contribution in [0.5, 0.6) is 0 Å². The van der Waals surface area contributed by atoms with Crippen LogP contribution < -0.4 is 5.32 Å². The van der Waals surface area contributed by atoms with E-state index in [9.17, 15) is 0 Å². The molecule has 2 heterocycles. The second-order valence-electron chi connectivity index (χ2n) is 6.34. The number of guanidine groups is 1. The summed E-state index contributed by atoms with van der Waals surface area (Å²) in [6.07, 6.45) is 7.63. The van der Waals surface area contributed by atoms with Crippen LogP contribution >= 0.6 is 24.0 Å². The molecule has 1 aliphatic heterocycles. The van der Waals surface area contributed by atoms with Crippen LogP contribution in [0.2, 0.25) is 0 Å². The third-order valence-corrected chi connectivity index (χ3v) is 4.81. The number of aryl methyl sites for hydroxylation is 1. The highest BCUT2D eigenvalue weighted by Gasteiger charge is 2.40. The molecule has 1 aliphatic carbocycles. The van der Waals surface area contributed by atoms with Crippen molar-refractivity contribution in [2.75, 3.05) is 26.7 Å². The zero-order valence-electron chi connectivity index (χ0n) is 13.5. The van der Waals surface area contributed by atoms with Gasteiger partial charge >= 0.3 is 0 Å². The minimum Gasteiger partial charge on any atom is -0.356 e. The van der Waals surface area contributed by atoms with Gasteiger partial charge in [0.05, 0.1) is 0 Å². The van der Waals surface area contributed by atoms with Crippen molar-refractivity contribution in [3.63, 3.8) is 0 Å². The molecule has 7 heteroatoms.